The molecule has 28 heavy (non-hydrogen) atoms. The van der Waals surface area contributed by atoms with Gasteiger partial charge in [0.15, 0.2) is 5.76 Å². The Morgan fingerprint density at radius 3 is 2.57 bits per heavy atom. The van der Waals surface area contributed by atoms with E-state index in [4.69, 9.17) is 9.47 Å². The molecule has 1 aliphatic rings. The Bertz CT molecular complexity index is 1130. The summed E-state index contributed by atoms with van der Waals surface area (Å²) in [5, 5.41) is 0. The maximum Gasteiger partial charge on any atom is 0.344 e. The summed E-state index contributed by atoms with van der Waals surface area (Å²) < 4.78 is 11.8. The van der Waals surface area contributed by atoms with Crippen molar-refractivity contribution in [1.29, 1.82) is 0 Å². The highest BCUT2D eigenvalue weighted by molar-refractivity contribution is 9.10. The van der Waals surface area contributed by atoms with Crippen LogP contribution in [0.3, 0.4) is 0 Å². The number of aryl methyl sites for hydroxylation is 1. The number of esters is 1. The summed E-state index contributed by atoms with van der Waals surface area (Å²) in [6, 6.07) is 19.5. The number of fused-ring (bicyclic) bond motifs is 1. The minimum atomic E-state index is -0.493. The van der Waals surface area contributed by atoms with Crippen molar-refractivity contribution in [3.8, 4) is 11.5 Å². The van der Waals surface area contributed by atoms with E-state index in [-0.39, 0.29) is 11.5 Å². The Hall–Kier alpha value is -3.18. The molecule has 0 saturated carbocycles. The Morgan fingerprint density at radius 2 is 1.79 bits per heavy atom. The fourth-order valence-corrected chi connectivity index (χ4v) is 3.36. The second kappa shape index (κ2) is 7.44. The molecule has 0 N–H and O–H groups in total. The monoisotopic (exact) mass is 434 g/mol. The predicted molar refractivity (Wildman–Crippen MR) is 110 cm³/mol. The maximum atomic E-state index is 12.6. The number of carbonyl (C=O) groups excluding carboxylic acids is 2. The van der Waals surface area contributed by atoms with E-state index >= 15 is 0 Å². The normalized spacial score (nSPS) is 13.9. The van der Waals surface area contributed by atoms with Crippen molar-refractivity contribution in [1.82, 2.24) is 0 Å². The van der Waals surface area contributed by atoms with Gasteiger partial charge in [0.2, 0.25) is 5.78 Å². The van der Waals surface area contributed by atoms with Gasteiger partial charge in [0, 0.05) is 10.5 Å². The number of hydrogen-bond donors (Lipinski definition) is 0. The van der Waals surface area contributed by atoms with E-state index in [1.54, 1.807) is 42.5 Å². The number of ketones is 1. The second-order valence-corrected chi connectivity index (χ2v) is 7.18. The third-order valence-electron chi connectivity index (χ3n) is 4.42. The van der Waals surface area contributed by atoms with Crippen LogP contribution in [0.5, 0.6) is 11.5 Å². The first-order chi connectivity index (χ1) is 13.5. The number of ether oxygens (including phenoxy) is 2. The van der Waals surface area contributed by atoms with Crippen LogP contribution in [-0.4, -0.2) is 11.8 Å². The van der Waals surface area contributed by atoms with Crippen LogP contribution in [0.15, 0.2) is 77.0 Å². The van der Waals surface area contributed by atoms with Gasteiger partial charge < -0.3 is 9.47 Å². The third-order valence-corrected chi connectivity index (χ3v) is 5.11. The molecule has 0 radical (unpaired) electrons. The Labute approximate surface area is 170 Å². The molecular formula is C23H15BrO4. The summed E-state index contributed by atoms with van der Waals surface area (Å²) in [4.78, 5) is 25.0. The smallest absolute Gasteiger partial charge is 0.344 e. The molecule has 0 spiro atoms. The average molecular weight is 435 g/mol. The van der Waals surface area contributed by atoms with E-state index < -0.39 is 5.97 Å². The summed E-state index contributed by atoms with van der Waals surface area (Å²) in [7, 11) is 0. The van der Waals surface area contributed by atoms with Crippen LogP contribution in [0.1, 0.15) is 31.8 Å². The topological polar surface area (TPSA) is 52.6 Å². The average Bonchev–Trinajstić information content (AvgIpc) is 2.99. The van der Waals surface area contributed by atoms with Crippen LogP contribution in [0.4, 0.5) is 0 Å². The van der Waals surface area contributed by atoms with Crippen molar-refractivity contribution in [3.63, 3.8) is 0 Å². The second-order valence-electron chi connectivity index (χ2n) is 6.32. The van der Waals surface area contributed by atoms with E-state index in [2.05, 4.69) is 15.9 Å². The lowest BCUT2D eigenvalue weighted by Gasteiger charge is -2.07. The molecule has 0 bridgehead atoms. The van der Waals surface area contributed by atoms with Crippen molar-refractivity contribution >= 4 is 33.8 Å². The van der Waals surface area contributed by atoms with Crippen molar-refractivity contribution in [2.75, 3.05) is 0 Å². The van der Waals surface area contributed by atoms with Crippen LogP contribution in [0, 0.1) is 6.92 Å². The molecule has 0 saturated heterocycles. The molecule has 5 heteroatoms. The van der Waals surface area contributed by atoms with Crippen molar-refractivity contribution in [3.05, 3.63) is 99.2 Å². The summed E-state index contributed by atoms with van der Waals surface area (Å²) in [5.41, 5.74) is 2.82. The molecule has 4 nitrogen and oxygen atoms in total. The van der Waals surface area contributed by atoms with E-state index in [1.165, 1.54) is 0 Å². The Morgan fingerprint density at radius 1 is 1.04 bits per heavy atom. The van der Waals surface area contributed by atoms with Gasteiger partial charge in [-0.25, -0.2) is 4.79 Å². The summed E-state index contributed by atoms with van der Waals surface area (Å²) in [6.45, 7) is 1.97. The molecule has 1 aliphatic heterocycles. The van der Waals surface area contributed by atoms with E-state index in [9.17, 15) is 9.59 Å². The number of benzene rings is 3. The largest absolute Gasteiger partial charge is 0.452 e. The van der Waals surface area contributed by atoms with Gasteiger partial charge in [-0.15, -0.1) is 0 Å². The molecular weight excluding hydrogens is 420 g/mol. The molecule has 0 unspecified atom stereocenters. The Kier molecular flexibility index (Phi) is 4.84. The van der Waals surface area contributed by atoms with Crippen molar-refractivity contribution in [2.45, 2.75) is 6.92 Å². The van der Waals surface area contributed by atoms with E-state index in [0.717, 1.165) is 11.1 Å². The molecule has 0 aliphatic carbocycles. The molecule has 0 fully saturated rings. The first-order valence-corrected chi connectivity index (χ1v) is 9.43. The lowest BCUT2D eigenvalue weighted by atomic mass is 10.1. The quantitative estimate of drug-likeness (QED) is 0.306. The SMILES string of the molecule is Cc1ccccc1/C=C1\Oc2cc(OC(=O)c3ccccc3Br)ccc2C1=O. The number of carbonyl (C=O) groups is 2. The van der Waals surface area contributed by atoms with Crippen molar-refractivity contribution in [2.24, 2.45) is 0 Å². The molecule has 0 aromatic heterocycles. The lowest BCUT2D eigenvalue weighted by molar-refractivity contribution is 0.0733. The van der Waals surface area contributed by atoms with Crippen LogP contribution in [0.25, 0.3) is 6.08 Å². The number of rotatable bonds is 3. The van der Waals surface area contributed by atoms with Crippen LogP contribution in [-0.2, 0) is 0 Å². The van der Waals surface area contributed by atoms with Crippen LogP contribution >= 0.6 is 15.9 Å². The van der Waals surface area contributed by atoms with Gasteiger partial charge in [0.1, 0.15) is 11.5 Å². The molecule has 0 amide bonds. The van der Waals surface area contributed by atoms with Gasteiger partial charge in [-0.05, 0) is 64.3 Å². The first kappa shape index (κ1) is 18.2. The van der Waals surface area contributed by atoms with E-state index in [1.807, 2.05) is 37.3 Å². The zero-order valence-electron chi connectivity index (χ0n) is 14.9. The van der Waals surface area contributed by atoms with Crippen LogP contribution < -0.4 is 9.47 Å². The number of Topliss-reactive ketones (excluding diaryl/α,β-unsaturated/α-hetero) is 1. The lowest BCUT2D eigenvalue weighted by Crippen LogP contribution is -2.09. The van der Waals surface area contributed by atoms with Gasteiger partial charge in [0.25, 0.3) is 0 Å². The van der Waals surface area contributed by atoms with Gasteiger partial charge in [0.05, 0.1) is 11.1 Å². The standard InChI is InChI=1S/C23H15BrO4/c1-14-6-2-3-7-15(14)12-21-22(25)18-11-10-16(13-20(18)28-21)27-23(26)17-8-4-5-9-19(17)24/h2-13H,1H3/b21-12-. The minimum Gasteiger partial charge on any atom is -0.452 e. The molecule has 3 aromatic rings. The highest BCUT2D eigenvalue weighted by Gasteiger charge is 2.28. The molecule has 0 atom stereocenters. The number of allylic oxidation sites excluding steroid dienone is 1. The minimum absolute atomic E-state index is 0.193. The van der Waals surface area contributed by atoms with Crippen molar-refractivity contribution < 1.29 is 19.1 Å². The maximum absolute atomic E-state index is 12.6. The fraction of sp³-hybridized carbons (Fsp3) is 0.0435. The zero-order valence-corrected chi connectivity index (χ0v) is 16.5. The van der Waals surface area contributed by atoms with Gasteiger partial charge in [-0.3, -0.25) is 4.79 Å². The zero-order chi connectivity index (χ0) is 19.7. The number of halogens is 1. The third kappa shape index (κ3) is 3.49. The highest BCUT2D eigenvalue weighted by atomic mass is 79.9. The summed E-state index contributed by atoms with van der Waals surface area (Å²) in [5.74, 6) is 0.250. The summed E-state index contributed by atoms with van der Waals surface area (Å²) in [6.07, 6.45) is 1.73. The first-order valence-electron chi connectivity index (χ1n) is 8.63. The Balaban J connectivity index is 1.58. The fourth-order valence-electron chi connectivity index (χ4n) is 2.91. The molecule has 138 valence electrons. The van der Waals surface area contributed by atoms with Gasteiger partial charge in [-0.1, -0.05) is 36.4 Å². The molecule has 1 heterocycles. The van der Waals surface area contributed by atoms with Crippen LogP contribution in [0.2, 0.25) is 0 Å². The predicted octanol–water partition coefficient (Wildman–Crippen LogP) is 5.59. The molecule has 4 rings (SSSR count). The summed E-state index contributed by atoms with van der Waals surface area (Å²) >= 11 is 3.34. The van der Waals surface area contributed by atoms with Gasteiger partial charge >= 0.3 is 5.97 Å². The number of hydrogen-bond acceptors (Lipinski definition) is 4. The van der Waals surface area contributed by atoms with E-state index in [0.29, 0.717) is 27.1 Å². The highest BCUT2D eigenvalue weighted by Crippen LogP contribution is 2.35. The van der Waals surface area contributed by atoms with Gasteiger partial charge in [-0.2, -0.15) is 0 Å². The molecule has 3 aromatic carbocycles.